The van der Waals surface area contributed by atoms with Gasteiger partial charge in [0.05, 0.1) is 12.1 Å². The molecule has 0 spiro atoms. The molecule has 1 aromatic carbocycles. The van der Waals surface area contributed by atoms with Crippen molar-refractivity contribution >= 4 is 0 Å². The molecule has 1 aromatic rings. The fourth-order valence-corrected chi connectivity index (χ4v) is 2.64. The summed E-state index contributed by atoms with van der Waals surface area (Å²) >= 11 is 0. The smallest absolute Gasteiger partial charge is 0.0797 e. The van der Waals surface area contributed by atoms with Gasteiger partial charge in [-0.05, 0) is 38.4 Å². The highest BCUT2D eigenvalue weighted by molar-refractivity contribution is 5.25. The summed E-state index contributed by atoms with van der Waals surface area (Å²) in [6.07, 6.45) is 3.66. The third-order valence-electron chi connectivity index (χ3n) is 4.00. The maximum Gasteiger partial charge on any atom is 0.0797 e. The monoisotopic (exact) mass is 262 g/mol. The fraction of sp³-hybridized carbons (Fsp3) is 0.625. The lowest BCUT2D eigenvalue weighted by molar-refractivity contribution is 0.115. The summed E-state index contributed by atoms with van der Waals surface area (Å²) < 4.78 is 0. The van der Waals surface area contributed by atoms with Crippen LogP contribution in [-0.4, -0.2) is 42.8 Å². The summed E-state index contributed by atoms with van der Waals surface area (Å²) in [5, 5.41) is 13.6. The predicted molar refractivity (Wildman–Crippen MR) is 79.2 cm³/mol. The lowest BCUT2D eigenvalue weighted by Gasteiger charge is -2.37. The van der Waals surface area contributed by atoms with Gasteiger partial charge in [-0.15, -0.1) is 0 Å². The minimum atomic E-state index is -0.339. The number of aliphatic hydroxyl groups is 1. The molecular formula is C16H26N2O. The van der Waals surface area contributed by atoms with Gasteiger partial charge in [0.1, 0.15) is 0 Å². The van der Waals surface area contributed by atoms with Crippen molar-refractivity contribution in [1.82, 2.24) is 10.2 Å². The van der Waals surface area contributed by atoms with Gasteiger partial charge in [-0.2, -0.15) is 0 Å². The standard InChI is InChI=1S/C16H26N2O/c1-3-11-17-16(13-19,12-18(2)15-9-10-15)14-7-5-4-6-8-14/h4-8,15,17,19H,3,9-13H2,1-2H3. The molecule has 0 bridgehead atoms. The summed E-state index contributed by atoms with van der Waals surface area (Å²) in [5.74, 6) is 0. The van der Waals surface area contributed by atoms with Crippen LogP contribution in [0.2, 0.25) is 0 Å². The van der Waals surface area contributed by atoms with Gasteiger partial charge in [-0.3, -0.25) is 0 Å². The Morgan fingerprint density at radius 2 is 2.00 bits per heavy atom. The summed E-state index contributed by atoms with van der Waals surface area (Å²) in [6, 6.07) is 11.0. The van der Waals surface area contributed by atoms with E-state index in [1.54, 1.807) is 0 Å². The Morgan fingerprint density at radius 1 is 1.32 bits per heavy atom. The highest BCUT2D eigenvalue weighted by Crippen LogP contribution is 2.29. The lowest BCUT2D eigenvalue weighted by Crippen LogP contribution is -2.53. The number of nitrogens with zero attached hydrogens (tertiary/aromatic N) is 1. The molecule has 0 amide bonds. The lowest BCUT2D eigenvalue weighted by atomic mass is 9.89. The zero-order chi connectivity index (χ0) is 13.7. The van der Waals surface area contributed by atoms with Gasteiger partial charge in [-0.25, -0.2) is 0 Å². The summed E-state index contributed by atoms with van der Waals surface area (Å²) in [6.45, 7) is 4.07. The number of likely N-dealkylation sites (N-methyl/N-ethyl adjacent to an activating group) is 1. The Balaban J connectivity index is 2.18. The Hall–Kier alpha value is -0.900. The van der Waals surface area contributed by atoms with Crippen molar-refractivity contribution in [1.29, 1.82) is 0 Å². The average molecular weight is 262 g/mol. The number of rotatable bonds is 8. The average Bonchev–Trinajstić information content (AvgIpc) is 3.29. The molecule has 1 unspecified atom stereocenters. The molecular weight excluding hydrogens is 236 g/mol. The van der Waals surface area contributed by atoms with E-state index in [2.05, 4.69) is 36.3 Å². The van der Waals surface area contributed by atoms with Gasteiger partial charge in [0.25, 0.3) is 0 Å². The third kappa shape index (κ3) is 3.56. The SMILES string of the molecule is CCCNC(CO)(CN(C)C1CC1)c1ccccc1. The van der Waals surface area contributed by atoms with Gasteiger partial charge < -0.3 is 15.3 Å². The van der Waals surface area contributed by atoms with E-state index in [4.69, 9.17) is 0 Å². The number of hydrogen-bond acceptors (Lipinski definition) is 3. The second kappa shape index (κ2) is 6.51. The second-order valence-electron chi connectivity index (χ2n) is 5.68. The normalized spacial score (nSPS) is 18.5. The molecule has 3 heteroatoms. The van der Waals surface area contributed by atoms with Gasteiger partial charge in [0.15, 0.2) is 0 Å². The van der Waals surface area contributed by atoms with Crippen LogP contribution in [0.4, 0.5) is 0 Å². The molecule has 0 heterocycles. The van der Waals surface area contributed by atoms with Crippen molar-refractivity contribution in [2.75, 3.05) is 26.7 Å². The quantitative estimate of drug-likeness (QED) is 0.752. The van der Waals surface area contributed by atoms with Crippen molar-refractivity contribution in [3.05, 3.63) is 35.9 Å². The second-order valence-corrected chi connectivity index (χ2v) is 5.68. The zero-order valence-corrected chi connectivity index (χ0v) is 12.1. The number of hydrogen-bond donors (Lipinski definition) is 2. The summed E-state index contributed by atoms with van der Waals surface area (Å²) in [5.41, 5.74) is 0.840. The molecule has 2 N–H and O–H groups in total. The predicted octanol–water partition coefficient (Wildman–Crippen LogP) is 1.97. The molecule has 1 aliphatic carbocycles. The van der Waals surface area contributed by atoms with Crippen LogP contribution in [0.5, 0.6) is 0 Å². The van der Waals surface area contributed by atoms with Gasteiger partial charge in [0, 0.05) is 12.6 Å². The zero-order valence-electron chi connectivity index (χ0n) is 12.1. The summed E-state index contributed by atoms with van der Waals surface area (Å²) in [7, 11) is 2.17. The van der Waals surface area contributed by atoms with Crippen LogP contribution < -0.4 is 5.32 Å². The fourth-order valence-electron chi connectivity index (χ4n) is 2.64. The summed E-state index contributed by atoms with van der Waals surface area (Å²) in [4.78, 5) is 2.38. The molecule has 2 rings (SSSR count). The highest BCUT2D eigenvalue weighted by atomic mass is 16.3. The minimum Gasteiger partial charge on any atom is -0.394 e. The van der Waals surface area contributed by atoms with E-state index in [1.165, 1.54) is 18.4 Å². The van der Waals surface area contributed by atoms with E-state index in [9.17, 15) is 5.11 Å². The van der Waals surface area contributed by atoms with Crippen LogP contribution in [0.15, 0.2) is 30.3 Å². The van der Waals surface area contributed by atoms with E-state index in [-0.39, 0.29) is 12.1 Å². The number of benzene rings is 1. The maximum absolute atomic E-state index is 10.0. The Kier molecular flexibility index (Phi) is 4.97. The molecule has 0 aliphatic heterocycles. The molecule has 1 atom stereocenters. The van der Waals surface area contributed by atoms with Crippen molar-refractivity contribution in [3.63, 3.8) is 0 Å². The molecule has 1 aliphatic rings. The van der Waals surface area contributed by atoms with E-state index < -0.39 is 0 Å². The first kappa shape index (κ1) is 14.5. The van der Waals surface area contributed by atoms with E-state index >= 15 is 0 Å². The Labute approximate surface area is 116 Å². The van der Waals surface area contributed by atoms with Crippen molar-refractivity contribution < 1.29 is 5.11 Å². The van der Waals surface area contributed by atoms with Crippen molar-refractivity contribution in [2.45, 2.75) is 37.8 Å². The van der Waals surface area contributed by atoms with Crippen LogP contribution in [0.3, 0.4) is 0 Å². The molecule has 1 saturated carbocycles. The van der Waals surface area contributed by atoms with Crippen LogP contribution >= 0.6 is 0 Å². The minimum absolute atomic E-state index is 0.133. The Bertz CT molecular complexity index is 378. The molecule has 0 aromatic heterocycles. The topological polar surface area (TPSA) is 35.5 Å². The molecule has 0 saturated heterocycles. The van der Waals surface area contributed by atoms with Crippen LogP contribution in [0.1, 0.15) is 31.7 Å². The van der Waals surface area contributed by atoms with Crippen molar-refractivity contribution in [2.24, 2.45) is 0 Å². The van der Waals surface area contributed by atoms with Crippen LogP contribution in [0, 0.1) is 0 Å². The van der Waals surface area contributed by atoms with Gasteiger partial charge >= 0.3 is 0 Å². The molecule has 0 radical (unpaired) electrons. The first-order chi connectivity index (χ1) is 9.22. The first-order valence-electron chi connectivity index (χ1n) is 7.33. The largest absolute Gasteiger partial charge is 0.394 e. The van der Waals surface area contributed by atoms with Gasteiger partial charge in [-0.1, -0.05) is 37.3 Å². The van der Waals surface area contributed by atoms with Crippen molar-refractivity contribution in [3.8, 4) is 0 Å². The van der Waals surface area contributed by atoms with Crippen LogP contribution in [0.25, 0.3) is 0 Å². The molecule has 1 fully saturated rings. The van der Waals surface area contributed by atoms with Crippen LogP contribution in [-0.2, 0) is 5.54 Å². The van der Waals surface area contributed by atoms with E-state index in [1.807, 2.05) is 18.2 Å². The first-order valence-corrected chi connectivity index (χ1v) is 7.33. The van der Waals surface area contributed by atoms with Gasteiger partial charge in [0.2, 0.25) is 0 Å². The third-order valence-corrected chi connectivity index (χ3v) is 4.00. The van der Waals surface area contributed by atoms with E-state index in [0.717, 1.165) is 19.5 Å². The number of aliphatic hydroxyl groups excluding tert-OH is 1. The molecule has 106 valence electrons. The Morgan fingerprint density at radius 3 is 2.53 bits per heavy atom. The molecule has 19 heavy (non-hydrogen) atoms. The number of nitrogens with one attached hydrogen (secondary N) is 1. The highest BCUT2D eigenvalue weighted by Gasteiger charge is 2.36. The maximum atomic E-state index is 10.0. The molecule has 3 nitrogen and oxygen atoms in total. The van der Waals surface area contributed by atoms with E-state index in [0.29, 0.717) is 6.04 Å².